The SMILES string of the molecule is CC(C)(C)C(c1cccc2c1c1nccc3c1c1n2c2ccccc2[n+]1C3)C(C)(C)C. The third-order valence-corrected chi connectivity index (χ3v) is 7.07. The van der Waals surface area contributed by atoms with Crippen molar-refractivity contribution in [1.29, 1.82) is 0 Å². The number of fused-ring (bicyclic) bond motifs is 6. The molecule has 0 atom stereocenters. The van der Waals surface area contributed by atoms with Crippen molar-refractivity contribution in [2.24, 2.45) is 10.8 Å². The van der Waals surface area contributed by atoms with Gasteiger partial charge in [-0.1, -0.05) is 65.8 Å². The molecular formula is C28H30N3+. The van der Waals surface area contributed by atoms with E-state index >= 15 is 0 Å². The summed E-state index contributed by atoms with van der Waals surface area (Å²) in [4.78, 5) is 5.00. The monoisotopic (exact) mass is 408 g/mol. The van der Waals surface area contributed by atoms with E-state index in [-0.39, 0.29) is 10.8 Å². The number of pyridine rings is 2. The molecule has 0 saturated carbocycles. The van der Waals surface area contributed by atoms with E-state index < -0.39 is 0 Å². The lowest BCUT2D eigenvalue weighted by atomic mass is 9.63. The maximum atomic E-state index is 5.00. The van der Waals surface area contributed by atoms with E-state index in [1.54, 1.807) is 0 Å². The molecule has 31 heavy (non-hydrogen) atoms. The number of nitrogens with zero attached hydrogens (tertiary/aromatic N) is 3. The molecule has 0 bridgehead atoms. The summed E-state index contributed by atoms with van der Waals surface area (Å²) in [5.41, 5.74) is 9.33. The fraction of sp³-hybridized carbons (Fsp3) is 0.357. The van der Waals surface area contributed by atoms with Crippen LogP contribution in [0.4, 0.5) is 0 Å². The maximum absolute atomic E-state index is 5.00. The number of benzene rings is 2. The lowest BCUT2D eigenvalue weighted by Gasteiger charge is -2.41. The highest BCUT2D eigenvalue weighted by molar-refractivity contribution is 6.13. The fourth-order valence-electron chi connectivity index (χ4n) is 6.60. The number of imidazole rings is 1. The van der Waals surface area contributed by atoms with Crippen molar-refractivity contribution in [1.82, 2.24) is 9.38 Å². The van der Waals surface area contributed by atoms with Gasteiger partial charge in [0.15, 0.2) is 11.0 Å². The number of para-hydroxylation sites is 2. The Labute approximate surface area is 183 Å². The average molecular weight is 409 g/mol. The van der Waals surface area contributed by atoms with Gasteiger partial charge >= 0.3 is 0 Å². The first-order chi connectivity index (χ1) is 14.7. The Hall–Kier alpha value is -2.94. The zero-order valence-electron chi connectivity index (χ0n) is 19.3. The summed E-state index contributed by atoms with van der Waals surface area (Å²) in [5.74, 6) is 0.393. The average Bonchev–Trinajstić information content (AvgIpc) is 3.21. The van der Waals surface area contributed by atoms with Crippen LogP contribution in [0.1, 0.15) is 58.6 Å². The lowest BCUT2D eigenvalue weighted by Crippen LogP contribution is -2.31. The molecule has 3 nitrogen and oxygen atoms in total. The molecule has 0 N–H and O–H groups in total. The quantitative estimate of drug-likeness (QED) is 0.221. The van der Waals surface area contributed by atoms with Crippen LogP contribution in [0.15, 0.2) is 54.7 Å². The van der Waals surface area contributed by atoms with Gasteiger partial charge < -0.3 is 0 Å². The minimum absolute atomic E-state index is 0.129. The summed E-state index contributed by atoms with van der Waals surface area (Å²) in [6, 6.07) is 17.9. The Bertz CT molecular complexity index is 1510. The molecule has 0 spiro atoms. The van der Waals surface area contributed by atoms with Crippen LogP contribution < -0.4 is 4.57 Å². The van der Waals surface area contributed by atoms with Crippen molar-refractivity contribution >= 4 is 38.5 Å². The Morgan fingerprint density at radius 1 is 0.839 bits per heavy atom. The fourth-order valence-corrected chi connectivity index (χ4v) is 6.60. The first kappa shape index (κ1) is 18.8. The Morgan fingerprint density at radius 2 is 1.55 bits per heavy atom. The number of rotatable bonds is 1. The third-order valence-electron chi connectivity index (χ3n) is 7.07. The van der Waals surface area contributed by atoms with E-state index in [1.165, 1.54) is 44.1 Å². The van der Waals surface area contributed by atoms with E-state index in [2.05, 4.69) is 99.0 Å². The normalized spacial score (nSPS) is 14.3. The predicted octanol–water partition coefficient (Wildman–Crippen LogP) is 6.62. The Kier molecular flexibility index (Phi) is 3.55. The second-order valence-corrected chi connectivity index (χ2v) is 11.3. The summed E-state index contributed by atoms with van der Waals surface area (Å²) < 4.78 is 4.95. The van der Waals surface area contributed by atoms with Crippen molar-refractivity contribution in [3.63, 3.8) is 0 Å². The van der Waals surface area contributed by atoms with Crippen LogP contribution in [-0.4, -0.2) is 9.38 Å². The van der Waals surface area contributed by atoms with Gasteiger partial charge in [0.2, 0.25) is 0 Å². The molecule has 1 aliphatic heterocycles. The van der Waals surface area contributed by atoms with Gasteiger partial charge in [-0.25, -0.2) is 4.57 Å². The molecule has 3 aromatic heterocycles. The summed E-state index contributed by atoms with van der Waals surface area (Å²) >= 11 is 0. The molecular weight excluding hydrogens is 378 g/mol. The standard InChI is InChI=1S/C28H30N3/c1-27(2,3)25(28(4,5)6)18-10-9-13-21-23(18)24-22-17(14-15-29-24)16-30-19-11-7-8-12-20(19)31(21)26(22)30/h7-15,25H,16H2,1-6H3/q+1. The number of hydrogen-bond donors (Lipinski definition) is 0. The largest absolute Gasteiger partial charge is 0.298 e. The van der Waals surface area contributed by atoms with E-state index in [0.717, 1.165) is 12.1 Å². The van der Waals surface area contributed by atoms with Crippen LogP contribution >= 0.6 is 0 Å². The molecule has 3 heteroatoms. The van der Waals surface area contributed by atoms with Crippen LogP contribution in [-0.2, 0) is 6.54 Å². The Morgan fingerprint density at radius 3 is 2.29 bits per heavy atom. The second-order valence-electron chi connectivity index (χ2n) is 11.3. The summed E-state index contributed by atoms with van der Waals surface area (Å²) in [5, 5.41) is 2.64. The molecule has 0 aliphatic carbocycles. The first-order valence-corrected chi connectivity index (χ1v) is 11.3. The van der Waals surface area contributed by atoms with Gasteiger partial charge in [-0.05, 0) is 46.6 Å². The molecule has 5 aromatic rings. The molecule has 0 fully saturated rings. The van der Waals surface area contributed by atoms with E-state index in [1.807, 2.05) is 6.20 Å². The smallest absolute Gasteiger partial charge is 0.255 e. The van der Waals surface area contributed by atoms with Crippen LogP contribution in [0.5, 0.6) is 0 Å². The predicted molar refractivity (Wildman–Crippen MR) is 129 cm³/mol. The molecule has 4 heterocycles. The minimum atomic E-state index is 0.129. The lowest BCUT2D eigenvalue weighted by molar-refractivity contribution is -0.631. The van der Waals surface area contributed by atoms with Crippen molar-refractivity contribution in [2.75, 3.05) is 0 Å². The minimum Gasteiger partial charge on any atom is -0.255 e. The van der Waals surface area contributed by atoms with Crippen LogP contribution in [0.2, 0.25) is 0 Å². The number of aromatic nitrogens is 3. The zero-order chi connectivity index (χ0) is 21.7. The van der Waals surface area contributed by atoms with Crippen LogP contribution in [0.25, 0.3) is 38.5 Å². The van der Waals surface area contributed by atoms with Crippen molar-refractivity contribution in [2.45, 2.75) is 54.0 Å². The molecule has 0 unspecified atom stereocenters. The molecule has 6 rings (SSSR count). The van der Waals surface area contributed by atoms with Gasteiger partial charge in [0.25, 0.3) is 5.65 Å². The van der Waals surface area contributed by atoms with Gasteiger partial charge in [-0.15, -0.1) is 0 Å². The van der Waals surface area contributed by atoms with E-state index in [4.69, 9.17) is 4.98 Å². The van der Waals surface area contributed by atoms with Gasteiger partial charge in [0.05, 0.1) is 16.3 Å². The molecule has 2 aromatic carbocycles. The first-order valence-electron chi connectivity index (χ1n) is 11.3. The highest BCUT2D eigenvalue weighted by atomic mass is 15.1. The molecule has 1 aliphatic rings. The highest BCUT2D eigenvalue weighted by Gasteiger charge is 2.39. The van der Waals surface area contributed by atoms with Gasteiger partial charge in [0, 0.05) is 11.8 Å². The van der Waals surface area contributed by atoms with Crippen molar-refractivity contribution in [3.8, 4) is 0 Å². The van der Waals surface area contributed by atoms with Gasteiger partial charge in [-0.3, -0.25) is 4.98 Å². The van der Waals surface area contributed by atoms with Gasteiger partial charge in [0.1, 0.15) is 12.1 Å². The highest BCUT2D eigenvalue weighted by Crippen LogP contribution is 2.50. The Balaban J connectivity index is 1.91. The van der Waals surface area contributed by atoms with Crippen LogP contribution in [0.3, 0.4) is 0 Å². The zero-order valence-corrected chi connectivity index (χ0v) is 19.3. The summed E-state index contributed by atoms with van der Waals surface area (Å²) in [7, 11) is 0. The topological polar surface area (TPSA) is 21.2 Å². The molecule has 0 saturated heterocycles. The number of hydrogen-bond acceptors (Lipinski definition) is 1. The van der Waals surface area contributed by atoms with E-state index in [9.17, 15) is 0 Å². The van der Waals surface area contributed by atoms with E-state index in [0.29, 0.717) is 5.92 Å². The second kappa shape index (κ2) is 5.85. The summed E-state index contributed by atoms with van der Waals surface area (Å²) in [6.07, 6.45) is 2.00. The third kappa shape index (κ3) is 2.40. The summed E-state index contributed by atoms with van der Waals surface area (Å²) in [6.45, 7) is 15.2. The molecule has 156 valence electrons. The molecule has 0 amide bonds. The maximum Gasteiger partial charge on any atom is 0.298 e. The molecule has 0 radical (unpaired) electrons. The van der Waals surface area contributed by atoms with Crippen molar-refractivity contribution in [3.05, 3.63) is 65.9 Å². The van der Waals surface area contributed by atoms with Gasteiger partial charge in [-0.2, -0.15) is 4.40 Å². The van der Waals surface area contributed by atoms with Crippen LogP contribution in [0, 0.1) is 10.8 Å². The van der Waals surface area contributed by atoms with Crippen molar-refractivity contribution < 1.29 is 4.57 Å².